The van der Waals surface area contributed by atoms with Gasteiger partial charge >= 0.3 is 6.01 Å². The largest absolute Gasteiger partial charge is 0.458 e. The lowest BCUT2D eigenvalue weighted by atomic mass is 10.2. The average molecular weight is 241 g/mol. The molecule has 6 nitrogen and oxygen atoms in total. The third kappa shape index (κ3) is 1.95. The standard InChI is InChI=1S/C12H11N5O/c13-10-9-11(15-7-14-9)17-12(16-10)18-6-8-4-2-1-3-5-8/h1-5,7H,6H2,(H3,13,14,15,16,17). The van der Waals surface area contributed by atoms with Crippen LogP contribution in [-0.2, 0) is 6.61 Å². The van der Waals surface area contributed by atoms with Crippen LogP contribution < -0.4 is 10.5 Å². The third-order valence-corrected chi connectivity index (χ3v) is 2.50. The third-order valence-electron chi connectivity index (χ3n) is 2.50. The van der Waals surface area contributed by atoms with Crippen molar-refractivity contribution in [3.63, 3.8) is 0 Å². The van der Waals surface area contributed by atoms with Crippen LogP contribution in [0.2, 0.25) is 0 Å². The van der Waals surface area contributed by atoms with Crippen LogP contribution >= 0.6 is 0 Å². The van der Waals surface area contributed by atoms with Crippen molar-refractivity contribution in [3.05, 3.63) is 42.2 Å². The smallest absolute Gasteiger partial charge is 0.320 e. The molecule has 0 fully saturated rings. The fraction of sp³-hybridized carbons (Fsp3) is 0.0833. The molecule has 0 unspecified atom stereocenters. The highest BCUT2D eigenvalue weighted by atomic mass is 16.5. The van der Waals surface area contributed by atoms with Crippen molar-refractivity contribution < 1.29 is 4.74 Å². The van der Waals surface area contributed by atoms with E-state index >= 15 is 0 Å². The van der Waals surface area contributed by atoms with Crippen LogP contribution in [0.4, 0.5) is 5.82 Å². The molecular formula is C12H11N5O. The van der Waals surface area contributed by atoms with Crippen molar-refractivity contribution in [1.82, 2.24) is 19.9 Å². The first kappa shape index (κ1) is 10.5. The second-order valence-corrected chi connectivity index (χ2v) is 3.77. The van der Waals surface area contributed by atoms with E-state index in [1.807, 2.05) is 30.3 Å². The Morgan fingerprint density at radius 2 is 2.00 bits per heavy atom. The maximum atomic E-state index is 5.77. The minimum absolute atomic E-state index is 0.232. The molecule has 2 heterocycles. The molecule has 18 heavy (non-hydrogen) atoms. The Morgan fingerprint density at radius 3 is 2.83 bits per heavy atom. The Hall–Kier alpha value is -2.63. The number of nitrogens with two attached hydrogens (primary N) is 1. The Balaban J connectivity index is 1.82. The van der Waals surface area contributed by atoms with Gasteiger partial charge in [-0.25, -0.2) is 4.98 Å². The van der Waals surface area contributed by atoms with Crippen molar-refractivity contribution in [3.8, 4) is 6.01 Å². The second-order valence-electron chi connectivity index (χ2n) is 3.77. The van der Waals surface area contributed by atoms with E-state index in [1.54, 1.807) is 0 Å². The maximum absolute atomic E-state index is 5.77. The van der Waals surface area contributed by atoms with Gasteiger partial charge in [-0.15, -0.1) is 0 Å². The van der Waals surface area contributed by atoms with Crippen molar-refractivity contribution in [2.45, 2.75) is 6.61 Å². The molecule has 6 heteroatoms. The molecule has 0 saturated heterocycles. The van der Waals surface area contributed by atoms with Crippen LogP contribution in [-0.4, -0.2) is 19.9 Å². The minimum Gasteiger partial charge on any atom is -0.458 e. The highest BCUT2D eigenvalue weighted by Crippen LogP contribution is 2.17. The SMILES string of the molecule is Nc1nc(OCc2ccccc2)nc2nc[nH]c12. The molecule has 1 aromatic carbocycles. The number of ether oxygens (including phenoxy) is 1. The zero-order valence-corrected chi connectivity index (χ0v) is 9.50. The van der Waals surface area contributed by atoms with E-state index in [2.05, 4.69) is 19.9 Å². The van der Waals surface area contributed by atoms with Crippen LogP contribution in [0.15, 0.2) is 36.7 Å². The Labute approximate surface area is 103 Å². The fourth-order valence-corrected chi connectivity index (χ4v) is 1.62. The number of fused-ring (bicyclic) bond motifs is 1. The number of nitrogens with one attached hydrogen (secondary N) is 1. The van der Waals surface area contributed by atoms with Gasteiger partial charge < -0.3 is 15.5 Å². The summed E-state index contributed by atoms with van der Waals surface area (Å²) in [5, 5.41) is 0. The molecule has 3 rings (SSSR count). The quantitative estimate of drug-likeness (QED) is 0.725. The number of rotatable bonds is 3. The van der Waals surface area contributed by atoms with Crippen molar-refractivity contribution >= 4 is 17.0 Å². The normalized spacial score (nSPS) is 10.7. The van der Waals surface area contributed by atoms with E-state index < -0.39 is 0 Å². The highest BCUT2D eigenvalue weighted by Gasteiger charge is 2.07. The molecule has 2 aromatic heterocycles. The van der Waals surface area contributed by atoms with E-state index in [0.29, 0.717) is 23.6 Å². The molecule has 0 bridgehead atoms. The monoisotopic (exact) mass is 241 g/mol. The van der Waals surface area contributed by atoms with Gasteiger partial charge in [0.25, 0.3) is 0 Å². The van der Waals surface area contributed by atoms with Gasteiger partial charge in [-0.1, -0.05) is 30.3 Å². The number of H-pyrrole nitrogens is 1. The highest BCUT2D eigenvalue weighted by molar-refractivity contribution is 5.81. The van der Waals surface area contributed by atoms with Crippen LogP contribution in [0.1, 0.15) is 5.56 Å². The van der Waals surface area contributed by atoms with E-state index in [1.165, 1.54) is 6.33 Å². The summed E-state index contributed by atoms with van der Waals surface area (Å²) in [7, 11) is 0. The van der Waals surface area contributed by atoms with Gasteiger partial charge in [-0.3, -0.25) is 0 Å². The molecule has 0 saturated carbocycles. The first-order valence-corrected chi connectivity index (χ1v) is 5.46. The van der Waals surface area contributed by atoms with Gasteiger partial charge in [0, 0.05) is 0 Å². The van der Waals surface area contributed by atoms with Gasteiger partial charge in [0.2, 0.25) is 0 Å². The predicted octanol–water partition coefficient (Wildman–Crippen LogP) is 1.51. The maximum Gasteiger partial charge on any atom is 0.320 e. The Kier molecular flexibility index (Phi) is 2.53. The van der Waals surface area contributed by atoms with Crippen molar-refractivity contribution in [2.75, 3.05) is 5.73 Å². The van der Waals surface area contributed by atoms with Gasteiger partial charge in [0.1, 0.15) is 12.1 Å². The van der Waals surface area contributed by atoms with Crippen molar-refractivity contribution in [2.24, 2.45) is 0 Å². The fourth-order valence-electron chi connectivity index (χ4n) is 1.62. The summed E-state index contributed by atoms with van der Waals surface area (Å²) in [6, 6.07) is 10.0. The summed E-state index contributed by atoms with van der Waals surface area (Å²) in [6.07, 6.45) is 1.52. The predicted molar refractivity (Wildman–Crippen MR) is 66.9 cm³/mol. The lowest BCUT2D eigenvalue weighted by Crippen LogP contribution is -2.02. The number of nitrogens with zero attached hydrogens (tertiary/aromatic N) is 3. The molecule has 0 aliphatic heterocycles. The van der Waals surface area contributed by atoms with Crippen LogP contribution in [0.5, 0.6) is 6.01 Å². The van der Waals surface area contributed by atoms with Crippen LogP contribution in [0, 0.1) is 0 Å². The number of anilines is 1. The van der Waals surface area contributed by atoms with Crippen molar-refractivity contribution in [1.29, 1.82) is 0 Å². The summed E-state index contributed by atoms with van der Waals surface area (Å²) in [6.45, 7) is 0.399. The topological polar surface area (TPSA) is 89.7 Å². The number of benzene rings is 1. The molecule has 0 aliphatic rings. The molecule has 0 radical (unpaired) electrons. The summed E-state index contributed by atoms with van der Waals surface area (Å²) in [4.78, 5) is 15.1. The zero-order chi connectivity index (χ0) is 12.4. The summed E-state index contributed by atoms with van der Waals surface area (Å²) < 4.78 is 5.49. The Morgan fingerprint density at radius 1 is 1.17 bits per heavy atom. The zero-order valence-electron chi connectivity index (χ0n) is 9.50. The van der Waals surface area contributed by atoms with E-state index in [9.17, 15) is 0 Å². The number of aromatic nitrogens is 4. The number of hydrogen-bond acceptors (Lipinski definition) is 5. The number of aromatic amines is 1. The van der Waals surface area contributed by atoms with E-state index in [-0.39, 0.29) is 6.01 Å². The first-order chi connectivity index (χ1) is 8.83. The molecular weight excluding hydrogens is 230 g/mol. The summed E-state index contributed by atoms with van der Waals surface area (Å²) in [5.41, 5.74) is 7.94. The summed E-state index contributed by atoms with van der Waals surface area (Å²) >= 11 is 0. The molecule has 90 valence electrons. The van der Waals surface area contributed by atoms with Crippen LogP contribution in [0.25, 0.3) is 11.2 Å². The summed E-state index contributed by atoms with van der Waals surface area (Å²) in [5.74, 6) is 0.334. The molecule has 0 spiro atoms. The molecule has 3 N–H and O–H groups in total. The minimum atomic E-state index is 0.232. The van der Waals surface area contributed by atoms with Crippen LogP contribution in [0.3, 0.4) is 0 Å². The van der Waals surface area contributed by atoms with Gasteiger partial charge in [-0.05, 0) is 5.56 Å². The number of nitrogen functional groups attached to an aromatic ring is 1. The molecule has 3 aromatic rings. The van der Waals surface area contributed by atoms with E-state index in [0.717, 1.165) is 5.56 Å². The lowest BCUT2D eigenvalue weighted by Gasteiger charge is -2.04. The van der Waals surface area contributed by atoms with E-state index in [4.69, 9.17) is 10.5 Å². The van der Waals surface area contributed by atoms with Gasteiger partial charge in [0.05, 0.1) is 6.33 Å². The van der Waals surface area contributed by atoms with Gasteiger partial charge in [0.15, 0.2) is 11.5 Å². The lowest BCUT2D eigenvalue weighted by molar-refractivity contribution is 0.282. The Bertz CT molecular complexity index is 665. The number of hydrogen-bond donors (Lipinski definition) is 2. The molecule has 0 aliphatic carbocycles. The molecule has 0 atom stereocenters. The molecule has 0 amide bonds. The number of imidazole rings is 1. The first-order valence-electron chi connectivity index (χ1n) is 5.46. The van der Waals surface area contributed by atoms with Gasteiger partial charge in [-0.2, -0.15) is 9.97 Å². The average Bonchev–Trinajstić information content (AvgIpc) is 2.86. The second kappa shape index (κ2) is 4.33.